The number of ether oxygens (including phenoxy) is 2. The highest BCUT2D eigenvalue weighted by atomic mass is 16.6. The maximum atomic E-state index is 11.8. The highest BCUT2D eigenvalue weighted by Gasteiger charge is 2.79. The number of cyclic esters (lactones) is 1. The second-order valence-electron chi connectivity index (χ2n) is 5.02. The van der Waals surface area contributed by atoms with E-state index in [4.69, 9.17) is 9.47 Å². The summed E-state index contributed by atoms with van der Waals surface area (Å²) in [5.41, 5.74) is -1.02. The van der Waals surface area contributed by atoms with Crippen LogP contribution in [0.3, 0.4) is 0 Å². The lowest BCUT2D eigenvalue weighted by Gasteiger charge is -2.08. The topological polar surface area (TPSA) is 52.6 Å². The van der Waals surface area contributed by atoms with Gasteiger partial charge in [0.1, 0.15) is 0 Å². The summed E-state index contributed by atoms with van der Waals surface area (Å²) in [6, 6.07) is 0. The molecule has 0 aromatic rings. The van der Waals surface area contributed by atoms with Crippen LogP contribution in [0.25, 0.3) is 0 Å². The first-order valence-corrected chi connectivity index (χ1v) is 6.61. The number of carbonyl (C=O) groups is 2. The van der Waals surface area contributed by atoms with E-state index < -0.39 is 17.4 Å². The molecule has 18 heavy (non-hydrogen) atoms. The Hall–Kier alpha value is -1.32. The van der Waals surface area contributed by atoms with Crippen LogP contribution in [0.2, 0.25) is 0 Å². The van der Waals surface area contributed by atoms with E-state index in [1.165, 1.54) is 20.0 Å². The van der Waals surface area contributed by atoms with Crippen LogP contribution in [-0.2, 0) is 19.1 Å². The van der Waals surface area contributed by atoms with Crippen molar-refractivity contribution in [1.29, 1.82) is 0 Å². The highest BCUT2D eigenvalue weighted by molar-refractivity contribution is 6.06. The van der Waals surface area contributed by atoms with Gasteiger partial charge in [0.25, 0.3) is 0 Å². The van der Waals surface area contributed by atoms with Gasteiger partial charge in [-0.25, -0.2) is 0 Å². The summed E-state index contributed by atoms with van der Waals surface area (Å²) in [4.78, 5) is 23.5. The van der Waals surface area contributed by atoms with Crippen LogP contribution in [-0.4, -0.2) is 25.7 Å². The van der Waals surface area contributed by atoms with Gasteiger partial charge in [-0.3, -0.25) is 9.59 Å². The third kappa shape index (κ3) is 1.84. The molecule has 2 fully saturated rings. The van der Waals surface area contributed by atoms with Crippen molar-refractivity contribution in [3.63, 3.8) is 0 Å². The summed E-state index contributed by atoms with van der Waals surface area (Å²) >= 11 is 0. The van der Waals surface area contributed by atoms with Crippen LogP contribution in [0, 0.1) is 17.3 Å². The molecule has 0 spiro atoms. The molecule has 0 N–H and O–H groups in total. The predicted octanol–water partition coefficient (Wildman–Crippen LogP) is 2.09. The quantitative estimate of drug-likeness (QED) is 0.314. The first-order valence-electron chi connectivity index (χ1n) is 6.61. The molecule has 1 aliphatic heterocycles. The first-order chi connectivity index (χ1) is 8.69. The molecule has 0 aromatic heterocycles. The molecule has 2 rings (SSSR count). The van der Waals surface area contributed by atoms with Crippen molar-refractivity contribution in [1.82, 2.24) is 0 Å². The zero-order chi connectivity index (χ0) is 13.2. The molecular formula is C14H20O4. The second-order valence-corrected chi connectivity index (χ2v) is 5.02. The van der Waals surface area contributed by atoms with Gasteiger partial charge >= 0.3 is 11.9 Å². The second kappa shape index (κ2) is 5.12. The lowest BCUT2D eigenvalue weighted by atomic mass is 10.0. The maximum absolute atomic E-state index is 11.8. The van der Waals surface area contributed by atoms with Crippen LogP contribution in [0.4, 0.5) is 0 Å². The Balaban J connectivity index is 1.96. The summed E-state index contributed by atoms with van der Waals surface area (Å²) in [7, 11) is 1.32. The van der Waals surface area contributed by atoms with E-state index in [0.29, 0.717) is 6.61 Å². The van der Waals surface area contributed by atoms with E-state index in [9.17, 15) is 9.59 Å². The van der Waals surface area contributed by atoms with Crippen LogP contribution in [0.15, 0.2) is 12.2 Å². The Morgan fingerprint density at radius 1 is 1.56 bits per heavy atom. The molecule has 4 heteroatoms. The van der Waals surface area contributed by atoms with Crippen molar-refractivity contribution in [2.24, 2.45) is 17.3 Å². The number of rotatable bonds is 6. The van der Waals surface area contributed by atoms with Gasteiger partial charge in [0.2, 0.25) is 0 Å². The van der Waals surface area contributed by atoms with E-state index in [1.807, 2.05) is 6.08 Å². The van der Waals surface area contributed by atoms with E-state index in [0.717, 1.165) is 12.8 Å². The van der Waals surface area contributed by atoms with Crippen molar-refractivity contribution in [3.05, 3.63) is 12.2 Å². The minimum atomic E-state index is -1.02. The first kappa shape index (κ1) is 13.1. The van der Waals surface area contributed by atoms with E-state index in [1.54, 1.807) is 0 Å². The maximum Gasteiger partial charge on any atom is 0.324 e. The van der Waals surface area contributed by atoms with Crippen molar-refractivity contribution in [3.8, 4) is 0 Å². The van der Waals surface area contributed by atoms with Crippen molar-refractivity contribution in [2.75, 3.05) is 13.7 Å². The molecule has 3 atom stereocenters. The molecule has 4 nitrogen and oxygen atoms in total. The number of methoxy groups -OCH3 is 1. The van der Waals surface area contributed by atoms with Gasteiger partial charge in [-0.2, -0.15) is 0 Å². The third-order valence-corrected chi connectivity index (χ3v) is 4.01. The molecule has 0 bridgehead atoms. The SMILES string of the molecule is CCCCCC=CC1C2COC(=O)C12C(=O)OC. The largest absolute Gasteiger partial charge is 0.468 e. The number of hydrogen-bond donors (Lipinski definition) is 0. The standard InChI is InChI=1S/C14H20O4/c1-3-4-5-6-7-8-10-11-9-18-13(16)14(10,11)12(15)17-2/h7-8,10-11H,3-6,9H2,1-2H3. The molecule has 1 heterocycles. The monoisotopic (exact) mass is 252 g/mol. The van der Waals surface area contributed by atoms with E-state index >= 15 is 0 Å². The zero-order valence-electron chi connectivity index (χ0n) is 11.0. The lowest BCUT2D eigenvalue weighted by Crippen LogP contribution is -2.28. The average molecular weight is 252 g/mol. The van der Waals surface area contributed by atoms with Crippen molar-refractivity contribution >= 4 is 11.9 Å². The van der Waals surface area contributed by atoms with Gasteiger partial charge in [0, 0.05) is 11.8 Å². The predicted molar refractivity (Wildman–Crippen MR) is 65.7 cm³/mol. The minimum absolute atomic E-state index is 0.0140. The molecule has 0 amide bonds. The lowest BCUT2D eigenvalue weighted by molar-refractivity contribution is -0.159. The van der Waals surface area contributed by atoms with Gasteiger partial charge in [0.05, 0.1) is 13.7 Å². The Morgan fingerprint density at radius 2 is 2.33 bits per heavy atom. The summed E-state index contributed by atoms with van der Waals surface area (Å²) in [5.74, 6) is -0.895. The number of fused-ring (bicyclic) bond motifs is 1. The summed E-state index contributed by atoms with van der Waals surface area (Å²) in [6.07, 6.45) is 8.64. The molecule has 0 radical (unpaired) electrons. The Kier molecular flexibility index (Phi) is 3.73. The number of carbonyl (C=O) groups excluding carboxylic acids is 2. The fourth-order valence-electron chi connectivity index (χ4n) is 2.88. The molecule has 100 valence electrons. The van der Waals surface area contributed by atoms with Crippen LogP contribution < -0.4 is 0 Å². The Bertz CT molecular complexity index is 374. The van der Waals surface area contributed by atoms with Gasteiger partial charge in [-0.15, -0.1) is 0 Å². The fourth-order valence-corrected chi connectivity index (χ4v) is 2.88. The average Bonchev–Trinajstić information content (AvgIpc) is 2.90. The molecule has 1 aliphatic carbocycles. The zero-order valence-corrected chi connectivity index (χ0v) is 11.0. The molecule has 1 saturated heterocycles. The molecule has 2 aliphatic rings. The van der Waals surface area contributed by atoms with Gasteiger partial charge in [-0.05, 0) is 12.8 Å². The van der Waals surface area contributed by atoms with E-state index in [-0.39, 0.29) is 11.8 Å². The number of unbranched alkanes of at least 4 members (excludes halogenated alkanes) is 3. The summed E-state index contributed by atoms with van der Waals surface area (Å²) in [5, 5.41) is 0. The molecule has 3 unspecified atom stereocenters. The van der Waals surface area contributed by atoms with Gasteiger partial charge in [-0.1, -0.05) is 31.9 Å². The van der Waals surface area contributed by atoms with Crippen molar-refractivity contribution in [2.45, 2.75) is 32.6 Å². The normalized spacial score (nSPS) is 33.3. The fraction of sp³-hybridized carbons (Fsp3) is 0.714. The van der Waals surface area contributed by atoms with Gasteiger partial charge in [0.15, 0.2) is 5.41 Å². The third-order valence-electron chi connectivity index (χ3n) is 4.01. The minimum Gasteiger partial charge on any atom is -0.468 e. The Labute approximate surface area is 107 Å². The molecule has 0 aromatic carbocycles. The van der Waals surface area contributed by atoms with E-state index in [2.05, 4.69) is 13.0 Å². The number of allylic oxidation sites excluding steroid dienone is 2. The number of esters is 2. The molecular weight excluding hydrogens is 232 g/mol. The summed E-state index contributed by atoms with van der Waals surface area (Å²) in [6.45, 7) is 2.51. The highest BCUT2D eigenvalue weighted by Crippen LogP contribution is 2.64. The number of hydrogen-bond acceptors (Lipinski definition) is 4. The Morgan fingerprint density at radius 3 is 3.00 bits per heavy atom. The summed E-state index contributed by atoms with van der Waals surface area (Å²) < 4.78 is 9.69. The smallest absolute Gasteiger partial charge is 0.324 e. The van der Waals surface area contributed by atoms with Crippen LogP contribution >= 0.6 is 0 Å². The van der Waals surface area contributed by atoms with Crippen LogP contribution in [0.1, 0.15) is 32.6 Å². The van der Waals surface area contributed by atoms with Crippen molar-refractivity contribution < 1.29 is 19.1 Å². The van der Waals surface area contributed by atoms with Crippen LogP contribution in [0.5, 0.6) is 0 Å². The van der Waals surface area contributed by atoms with Gasteiger partial charge < -0.3 is 9.47 Å². The molecule has 1 saturated carbocycles.